The second-order valence-electron chi connectivity index (χ2n) is 1.73. The molecule has 0 heterocycles. The number of hydrogen-bond donors (Lipinski definition) is 1. The summed E-state index contributed by atoms with van der Waals surface area (Å²) in [7, 11) is 0. The van der Waals surface area contributed by atoms with Crippen LogP contribution in [0.3, 0.4) is 0 Å². The van der Waals surface area contributed by atoms with Gasteiger partial charge in [0.15, 0.2) is 0 Å². The average molecular weight is 180 g/mol. The van der Waals surface area contributed by atoms with E-state index in [0.717, 1.165) is 29.5 Å². The lowest BCUT2D eigenvalue weighted by Crippen LogP contribution is -2.16. The molecule has 1 N–H and O–H groups in total. The van der Waals surface area contributed by atoms with Gasteiger partial charge in [-0.15, -0.1) is 0 Å². The van der Waals surface area contributed by atoms with Crippen molar-refractivity contribution in [1.29, 1.82) is 0 Å². The standard InChI is InChI=1S/C6H13NOS2/c1-4-7(5-2)6(9-3)10-8/h4-5H2,1-3H3/p+1. The molecule has 0 saturated carbocycles. The first-order valence-corrected chi connectivity index (χ1v) is 5.27. The Kier molecular flexibility index (Phi) is 6.27. The Bertz CT molecular complexity index is 98.9. The van der Waals surface area contributed by atoms with Crippen LogP contribution in [0.15, 0.2) is 0 Å². The summed E-state index contributed by atoms with van der Waals surface area (Å²) in [5.41, 5.74) is 0. The Morgan fingerprint density at radius 2 is 1.90 bits per heavy atom. The number of thioether (sulfide) groups is 1. The number of rotatable bonds is 2. The lowest BCUT2D eigenvalue weighted by Gasteiger charge is -1.99. The van der Waals surface area contributed by atoms with Gasteiger partial charge >= 0.3 is 0 Å². The molecule has 0 atom stereocenters. The van der Waals surface area contributed by atoms with Gasteiger partial charge in [0.25, 0.3) is 4.38 Å². The maximum Gasteiger partial charge on any atom is 0.296 e. The predicted molar refractivity (Wildman–Crippen MR) is 50.1 cm³/mol. The highest BCUT2D eigenvalue weighted by Crippen LogP contribution is 2.09. The van der Waals surface area contributed by atoms with Crippen LogP contribution in [-0.4, -0.2) is 32.8 Å². The summed E-state index contributed by atoms with van der Waals surface area (Å²) in [6.45, 7) is 6.08. The monoisotopic (exact) mass is 180 g/mol. The summed E-state index contributed by atoms with van der Waals surface area (Å²) in [6, 6.07) is 0. The van der Waals surface area contributed by atoms with Crippen LogP contribution in [0.2, 0.25) is 0 Å². The van der Waals surface area contributed by atoms with Crippen molar-refractivity contribution in [1.82, 2.24) is 0 Å². The van der Waals surface area contributed by atoms with Crippen LogP contribution in [0, 0.1) is 0 Å². The van der Waals surface area contributed by atoms with Gasteiger partial charge in [-0.2, -0.15) is 0 Å². The van der Waals surface area contributed by atoms with Crippen LogP contribution < -0.4 is 0 Å². The van der Waals surface area contributed by atoms with Crippen LogP contribution in [-0.2, 0) is 0 Å². The Balaban J connectivity index is 4.20. The van der Waals surface area contributed by atoms with E-state index in [1.807, 2.05) is 6.26 Å². The third-order valence-corrected chi connectivity index (χ3v) is 3.02. The van der Waals surface area contributed by atoms with Crippen molar-refractivity contribution in [3.8, 4) is 0 Å². The van der Waals surface area contributed by atoms with Gasteiger partial charge in [0.05, 0.1) is 0 Å². The van der Waals surface area contributed by atoms with E-state index in [1.54, 1.807) is 11.8 Å². The molecule has 0 aliphatic heterocycles. The Morgan fingerprint density at radius 1 is 1.40 bits per heavy atom. The molecule has 0 rings (SSSR count). The van der Waals surface area contributed by atoms with E-state index in [1.165, 1.54) is 0 Å². The highest BCUT2D eigenvalue weighted by Gasteiger charge is 2.09. The van der Waals surface area contributed by atoms with Crippen molar-refractivity contribution in [2.45, 2.75) is 13.8 Å². The number of nitrogens with zero attached hydrogens (tertiary/aromatic N) is 1. The molecule has 0 aromatic carbocycles. The van der Waals surface area contributed by atoms with Crippen LogP contribution in [0.1, 0.15) is 13.8 Å². The Morgan fingerprint density at radius 3 is 2.00 bits per heavy atom. The van der Waals surface area contributed by atoms with E-state index in [0.29, 0.717) is 0 Å². The zero-order valence-corrected chi connectivity index (χ0v) is 8.26. The van der Waals surface area contributed by atoms with Crippen LogP contribution in [0.5, 0.6) is 0 Å². The van der Waals surface area contributed by atoms with E-state index >= 15 is 0 Å². The molecule has 0 saturated heterocycles. The van der Waals surface area contributed by atoms with Gasteiger partial charge in [0, 0.05) is 0 Å². The van der Waals surface area contributed by atoms with Crippen LogP contribution in [0.4, 0.5) is 0 Å². The summed E-state index contributed by atoms with van der Waals surface area (Å²) in [4.78, 5) is 0. The Hall–Kier alpha value is 0.330. The molecule has 0 spiro atoms. The van der Waals surface area contributed by atoms with Gasteiger partial charge < -0.3 is 4.55 Å². The smallest absolute Gasteiger partial charge is 0.296 e. The molecule has 2 nitrogen and oxygen atoms in total. The molecule has 0 aliphatic carbocycles. The first-order valence-electron chi connectivity index (χ1n) is 3.27. The minimum absolute atomic E-state index is 0.833. The van der Waals surface area contributed by atoms with Crippen molar-refractivity contribution >= 4 is 28.2 Å². The third-order valence-electron chi connectivity index (χ3n) is 1.27. The second-order valence-corrected chi connectivity index (χ2v) is 3.36. The van der Waals surface area contributed by atoms with Gasteiger partial charge in [0.1, 0.15) is 25.1 Å². The van der Waals surface area contributed by atoms with Gasteiger partial charge in [0.2, 0.25) is 0 Å². The largest absolute Gasteiger partial charge is 0.321 e. The highest BCUT2D eigenvalue weighted by molar-refractivity contribution is 8.36. The van der Waals surface area contributed by atoms with Crippen molar-refractivity contribution < 1.29 is 9.13 Å². The lowest BCUT2D eigenvalue weighted by atomic mass is 10.6. The molecule has 0 aromatic heterocycles. The summed E-state index contributed by atoms with van der Waals surface area (Å²) in [6.07, 6.45) is 1.97. The zero-order chi connectivity index (χ0) is 7.98. The van der Waals surface area contributed by atoms with Crippen LogP contribution in [0.25, 0.3) is 0 Å². The molecule has 0 aromatic rings. The molecule has 0 amide bonds. The fraction of sp³-hybridized carbons (Fsp3) is 0.833. The second kappa shape index (κ2) is 6.07. The molecular weight excluding hydrogens is 166 g/mol. The molecule has 0 radical (unpaired) electrons. The van der Waals surface area contributed by atoms with Crippen LogP contribution >= 0.6 is 23.8 Å². The fourth-order valence-electron chi connectivity index (χ4n) is 0.706. The molecule has 0 unspecified atom stereocenters. The van der Waals surface area contributed by atoms with Crippen molar-refractivity contribution in [3.05, 3.63) is 0 Å². The summed E-state index contributed by atoms with van der Waals surface area (Å²) in [5, 5.41) is 0. The molecule has 0 bridgehead atoms. The SMILES string of the molecule is CC[N+](CC)=C(SC)SO. The summed E-state index contributed by atoms with van der Waals surface area (Å²) >= 11 is 2.42. The van der Waals surface area contributed by atoms with Crippen molar-refractivity contribution in [2.75, 3.05) is 19.3 Å². The molecule has 0 aliphatic rings. The maximum atomic E-state index is 8.78. The molecular formula is C6H14NOS2+. The Labute approximate surface area is 70.9 Å². The fourth-order valence-corrected chi connectivity index (χ4v) is 1.89. The number of hydrogen-bond acceptors (Lipinski definition) is 3. The van der Waals surface area contributed by atoms with Crippen molar-refractivity contribution in [3.63, 3.8) is 0 Å². The summed E-state index contributed by atoms with van der Waals surface area (Å²) < 4.78 is 11.9. The van der Waals surface area contributed by atoms with Gasteiger partial charge in [-0.05, 0) is 20.1 Å². The third kappa shape index (κ3) is 2.94. The molecule has 10 heavy (non-hydrogen) atoms. The minimum atomic E-state index is 0.833. The molecule has 0 fully saturated rings. The summed E-state index contributed by atoms with van der Waals surface area (Å²) in [5.74, 6) is 0. The first-order chi connectivity index (χ1) is 4.79. The molecule has 60 valence electrons. The van der Waals surface area contributed by atoms with E-state index < -0.39 is 0 Å². The highest BCUT2D eigenvalue weighted by atomic mass is 32.2. The van der Waals surface area contributed by atoms with Gasteiger partial charge in [-0.3, -0.25) is 0 Å². The lowest BCUT2D eigenvalue weighted by molar-refractivity contribution is -0.515. The quantitative estimate of drug-likeness (QED) is 0.304. The van der Waals surface area contributed by atoms with Gasteiger partial charge in [-0.25, -0.2) is 4.58 Å². The van der Waals surface area contributed by atoms with E-state index in [-0.39, 0.29) is 0 Å². The topological polar surface area (TPSA) is 23.2 Å². The van der Waals surface area contributed by atoms with Crippen molar-refractivity contribution in [2.24, 2.45) is 0 Å². The van der Waals surface area contributed by atoms with E-state index in [2.05, 4.69) is 18.4 Å². The van der Waals surface area contributed by atoms with Gasteiger partial charge in [-0.1, -0.05) is 11.8 Å². The van der Waals surface area contributed by atoms with E-state index in [9.17, 15) is 0 Å². The first kappa shape index (κ1) is 10.3. The normalized spacial score (nSPS) is 9.60. The molecule has 4 heteroatoms. The van der Waals surface area contributed by atoms with E-state index in [4.69, 9.17) is 4.55 Å². The maximum absolute atomic E-state index is 8.78. The average Bonchev–Trinajstić information content (AvgIpc) is 2.00. The zero-order valence-electron chi connectivity index (χ0n) is 6.63. The predicted octanol–water partition coefficient (Wildman–Crippen LogP) is 1.96. The minimum Gasteiger partial charge on any atom is -0.321 e.